The minimum atomic E-state index is -0.332. The van der Waals surface area contributed by atoms with Gasteiger partial charge in [0.15, 0.2) is 5.16 Å². The molecule has 0 unspecified atom stereocenters. The van der Waals surface area contributed by atoms with Crippen LogP contribution in [0.1, 0.15) is 5.82 Å². The minimum Gasteiger partial charge on any atom is -0.336 e. The Morgan fingerprint density at radius 1 is 1.56 bits per heavy atom. The van der Waals surface area contributed by atoms with E-state index < -0.39 is 0 Å². The number of amides is 3. The van der Waals surface area contributed by atoms with Crippen LogP contribution in [-0.2, 0) is 18.4 Å². The summed E-state index contributed by atoms with van der Waals surface area (Å²) in [6, 6.07) is -0.332. The van der Waals surface area contributed by atoms with Crippen molar-refractivity contribution < 1.29 is 9.59 Å². The van der Waals surface area contributed by atoms with E-state index in [2.05, 4.69) is 15.5 Å². The first-order valence-corrected chi connectivity index (χ1v) is 6.41. The lowest BCUT2D eigenvalue weighted by Crippen LogP contribution is -2.35. The van der Waals surface area contributed by atoms with Crippen molar-refractivity contribution >= 4 is 23.7 Å². The molecule has 3 N–H and O–H groups in total. The number of nitrogens with one attached hydrogen (secondary N) is 1. The van der Waals surface area contributed by atoms with Crippen molar-refractivity contribution in [1.82, 2.24) is 25.0 Å². The maximum atomic E-state index is 11.8. The number of nitrogens with two attached hydrogens (primary N) is 1. The smallest absolute Gasteiger partial charge is 0.324 e. The fourth-order valence-corrected chi connectivity index (χ4v) is 2.37. The first-order chi connectivity index (χ1) is 8.63. The van der Waals surface area contributed by atoms with Crippen molar-refractivity contribution in [3.8, 4) is 0 Å². The van der Waals surface area contributed by atoms with Gasteiger partial charge in [0.25, 0.3) is 0 Å². The number of imide groups is 1. The summed E-state index contributed by atoms with van der Waals surface area (Å²) in [7, 11) is 1.79. The number of rotatable bonds is 4. The predicted octanol–water partition coefficient (Wildman–Crippen LogP) is -1.08. The van der Waals surface area contributed by atoms with Crippen LogP contribution >= 0.6 is 11.8 Å². The average molecular weight is 270 g/mol. The van der Waals surface area contributed by atoms with Crippen molar-refractivity contribution in [3.63, 3.8) is 0 Å². The lowest BCUT2D eigenvalue weighted by Gasteiger charge is -2.11. The highest BCUT2D eigenvalue weighted by atomic mass is 32.2. The summed E-state index contributed by atoms with van der Waals surface area (Å²) in [5, 5.41) is 11.0. The van der Waals surface area contributed by atoms with Gasteiger partial charge in [-0.3, -0.25) is 9.69 Å². The molecule has 0 spiro atoms. The van der Waals surface area contributed by atoms with Gasteiger partial charge >= 0.3 is 6.03 Å². The Labute approximate surface area is 108 Å². The SMILES string of the molecule is Cn1c(CN)nnc1SCC(=O)N1CCNC1=O. The molecule has 1 fully saturated rings. The van der Waals surface area contributed by atoms with Gasteiger partial charge in [-0.2, -0.15) is 0 Å². The van der Waals surface area contributed by atoms with Crippen LogP contribution in [0.4, 0.5) is 4.79 Å². The van der Waals surface area contributed by atoms with Crippen molar-refractivity contribution in [2.75, 3.05) is 18.8 Å². The molecule has 0 atom stereocenters. The van der Waals surface area contributed by atoms with Gasteiger partial charge in [0.05, 0.1) is 12.3 Å². The molecule has 8 nitrogen and oxygen atoms in total. The normalized spacial score (nSPS) is 15.0. The van der Waals surface area contributed by atoms with Gasteiger partial charge in [-0.05, 0) is 0 Å². The molecule has 0 aromatic carbocycles. The molecule has 0 aliphatic carbocycles. The fraction of sp³-hybridized carbons (Fsp3) is 0.556. The molecule has 2 rings (SSSR count). The number of aromatic nitrogens is 3. The number of thioether (sulfide) groups is 1. The topological polar surface area (TPSA) is 106 Å². The van der Waals surface area contributed by atoms with Gasteiger partial charge in [-0.15, -0.1) is 10.2 Å². The molecule has 1 aliphatic rings. The van der Waals surface area contributed by atoms with Gasteiger partial charge < -0.3 is 15.6 Å². The molecule has 9 heteroatoms. The summed E-state index contributed by atoms with van der Waals surface area (Å²) in [5.74, 6) is 0.584. The van der Waals surface area contributed by atoms with Gasteiger partial charge in [0.2, 0.25) is 5.91 Å². The van der Waals surface area contributed by atoms with Crippen molar-refractivity contribution in [3.05, 3.63) is 5.82 Å². The highest BCUT2D eigenvalue weighted by Gasteiger charge is 2.26. The zero-order chi connectivity index (χ0) is 13.1. The van der Waals surface area contributed by atoms with Gasteiger partial charge in [-0.25, -0.2) is 4.79 Å². The van der Waals surface area contributed by atoms with Crippen LogP contribution < -0.4 is 11.1 Å². The van der Waals surface area contributed by atoms with Crippen LogP contribution in [0.15, 0.2) is 5.16 Å². The highest BCUT2D eigenvalue weighted by molar-refractivity contribution is 7.99. The number of nitrogens with zero attached hydrogens (tertiary/aromatic N) is 4. The summed E-state index contributed by atoms with van der Waals surface area (Å²) in [5.41, 5.74) is 5.48. The minimum absolute atomic E-state index is 0.157. The van der Waals surface area contributed by atoms with Gasteiger partial charge in [-0.1, -0.05) is 11.8 Å². The van der Waals surface area contributed by atoms with Crippen LogP contribution in [0.5, 0.6) is 0 Å². The molecule has 0 radical (unpaired) electrons. The summed E-state index contributed by atoms with van der Waals surface area (Å²) < 4.78 is 1.74. The first-order valence-electron chi connectivity index (χ1n) is 5.43. The average Bonchev–Trinajstić information content (AvgIpc) is 2.93. The Bertz CT molecular complexity index is 474. The van der Waals surface area contributed by atoms with E-state index in [9.17, 15) is 9.59 Å². The standard InChI is InChI=1S/C9H14N6O2S/c1-14-6(4-10)12-13-9(14)18-5-7(16)15-3-2-11-8(15)17/h2-5,10H2,1H3,(H,11,17). The monoisotopic (exact) mass is 270 g/mol. The Kier molecular flexibility index (Phi) is 3.82. The quantitative estimate of drug-likeness (QED) is 0.674. The number of carbonyl (C=O) groups is 2. The molecule has 18 heavy (non-hydrogen) atoms. The lowest BCUT2D eigenvalue weighted by molar-refractivity contribution is -0.124. The van der Waals surface area contributed by atoms with Crippen LogP contribution in [-0.4, -0.2) is 50.4 Å². The van der Waals surface area contributed by atoms with Gasteiger partial charge in [0, 0.05) is 20.1 Å². The number of hydrogen-bond donors (Lipinski definition) is 2. The van der Waals surface area contributed by atoms with Crippen molar-refractivity contribution in [2.45, 2.75) is 11.7 Å². The molecular weight excluding hydrogens is 256 g/mol. The third-order valence-electron chi connectivity index (χ3n) is 2.59. The van der Waals surface area contributed by atoms with E-state index in [4.69, 9.17) is 5.73 Å². The number of hydrogen-bond acceptors (Lipinski definition) is 6. The third kappa shape index (κ3) is 2.46. The Morgan fingerprint density at radius 3 is 2.89 bits per heavy atom. The molecule has 98 valence electrons. The maximum Gasteiger partial charge on any atom is 0.324 e. The Balaban J connectivity index is 1.93. The predicted molar refractivity (Wildman–Crippen MR) is 64.7 cm³/mol. The molecule has 2 heterocycles. The third-order valence-corrected chi connectivity index (χ3v) is 3.60. The highest BCUT2D eigenvalue weighted by Crippen LogP contribution is 2.16. The second-order valence-electron chi connectivity index (χ2n) is 3.73. The summed E-state index contributed by atoms with van der Waals surface area (Å²) in [6.07, 6.45) is 0. The van der Waals surface area contributed by atoms with Crippen LogP contribution in [0.2, 0.25) is 0 Å². The molecule has 1 saturated heterocycles. The Morgan fingerprint density at radius 2 is 2.33 bits per heavy atom. The zero-order valence-corrected chi connectivity index (χ0v) is 10.7. The Hall–Kier alpha value is -1.61. The molecule has 1 aromatic rings. The van der Waals surface area contributed by atoms with E-state index in [0.717, 1.165) is 0 Å². The lowest BCUT2D eigenvalue weighted by atomic mass is 10.5. The van der Waals surface area contributed by atoms with Gasteiger partial charge in [0.1, 0.15) is 5.82 Å². The molecule has 0 saturated carbocycles. The fourth-order valence-electron chi connectivity index (χ4n) is 1.56. The van der Waals surface area contributed by atoms with Crippen LogP contribution in [0.25, 0.3) is 0 Å². The summed E-state index contributed by atoms with van der Waals surface area (Å²) in [6.45, 7) is 1.23. The van der Waals surface area contributed by atoms with Crippen LogP contribution in [0.3, 0.4) is 0 Å². The largest absolute Gasteiger partial charge is 0.336 e. The van der Waals surface area contributed by atoms with E-state index in [0.29, 0.717) is 30.6 Å². The van der Waals surface area contributed by atoms with Crippen LogP contribution in [0, 0.1) is 0 Å². The van der Waals surface area contributed by atoms with E-state index in [1.165, 1.54) is 16.7 Å². The molecule has 0 bridgehead atoms. The van der Waals surface area contributed by atoms with E-state index >= 15 is 0 Å². The molecule has 3 amide bonds. The van der Waals surface area contributed by atoms with Crippen molar-refractivity contribution in [1.29, 1.82) is 0 Å². The zero-order valence-electron chi connectivity index (χ0n) is 9.92. The summed E-state index contributed by atoms with van der Waals surface area (Å²) >= 11 is 1.24. The summed E-state index contributed by atoms with van der Waals surface area (Å²) in [4.78, 5) is 24.3. The maximum absolute atomic E-state index is 11.8. The number of urea groups is 1. The van der Waals surface area contributed by atoms with Crippen molar-refractivity contribution in [2.24, 2.45) is 12.8 Å². The van der Waals surface area contributed by atoms with E-state index in [1.807, 2.05) is 0 Å². The number of carbonyl (C=O) groups excluding carboxylic acids is 2. The van der Waals surface area contributed by atoms with E-state index in [1.54, 1.807) is 11.6 Å². The molecule has 1 aliphatic heterocycles. The molecular formula is C9H14N6O2S. The first kappa shape index (κ1) is 12.8. The van der Waals surface area contributed by atoms with E-state index in [-0.39, 0.29) is 17.7 Å². The second-order valence-corrected chi connectivity index (χ2v) is 4.67. The molecule has 1 aromatic heterocycles. The second kappa shape index (κ2) is 5.36.